The molecule has 0 spiro atoms. The van der Waals surface area contributed by atoms with Gasteiger partial charge in [0.2, 0.25) is 0 Å². The molecule has 1 saturated carbocycles. The molecule has 1 aromatic carbocycles. The van der Waals surface area contributed by atoms with E-state index in [1.807, 2.05) is 0 Å². The summed E-state index contributed by atoms with van der Waals surface area (Å²) < 4.78 is 0. The summed E-state index contributed by atoms with van der Waals surface area (Å²) in [6.45, 7) is 3.90. The van der Waals surface area contributed by atoms with E-state index in [0.717, 1.165) is 24.8 Å². The molecule has 0 saturated heterocycles. The molecule has 0 bridgehead atoms. The fourth-order valence-corrected chi connectivity index (χ4v) is 2.89. The van der Waals surface area contributed by atoms with Gasteiger partial charge >= 0.3 is 0 Å². The van der Waals surface area contributed by atoms with Crippen molar-refractivity contribution < 1.29 is 0 Å². The first-order valence-corrected chi connectivity index (χ1v) is 8.03. The summed E-state index contributed by atoms with van der Waals surface area (Å²) in [5.74, 6) is 0. The molecule has 0 amide bonds. The van der Waals surface area contributed by atoms with Crippen LogP contribution < -0.4 is 10.2 Å². The molecule has 106 valence electrons. The second-order valence-corrected chi connectivity index (χ2v) is 6.52. The second-order valence-electron chi connectivity index (χ2n) is 5.58. The Kier molecular flexibility index (Phi) is 4.03. The summed E-state index contributed by atoms with van der Waals surface area (Å²) in [5, 5.41) is 6.89. The summed E-state index contributed by atoms with van der Waals surface area (Å²) >= 11 is 1.76. The van der Waals surface area contributed by atoms with Crippen molar-refractivity contribution in [1.29, 1.82) is 0 Å². The summed E-state index contributed by atoms with van der Waals surface area (Å²) in [6.07, 6.45) is 2.66. The molecule has 1 aliphatic rings. The normalized spacial score (nSPS) is 14.5. The van der Waals surface area contributed by atoms with E-state index >= 15 is 0 Å². The minimum atomic E-state index is 0.748. The van der Waals surface area contributed by atoms with Crippen molar-refractivity contribution in [3.05, 3.63) is 45.9 Å². The summed E-state index contributed by atoms with van der Waals surface area (Å²) in [4.78, 5) is 6.95. The van der Waals surface area contributed by atoms with Gasteiger partial charge < -0.3 is 10.2 Å². The third kappa shape index (κ3) is 3.58. The number of nitrogens with zero attached hydrogens (tertiary/aromatic N) is 2. The Bertz CT molecular complexity index is 557. The Morgan fingerprint density at radius 2 is 2.05 bits per heavy atom. The van der Waals surface area contributed by atoms with Crippen LogP contribution in [0, 0.1) is 6.92 Å². The van der Waals surface area contributed by atoms with E-state index in [-0.39, 0.29) is 0 Å². The molecule has 1 heterocycles. The lowest BCUT2D eigenvalue weighted by Gasteiger charge is -2.18. The van der Waals surface area contributed by atoms with E-state index in [2.05, 4.69) is 53.8 Å². The highest BCUT2D eigenvalue weighted by Gasteiger charge is 2.20. The number of hydrogen-bond acceptors (Lipinski definition) is 4. The maximum Gasteiger partial charge on any atom is 0.107 e. The highest BCUT2D eigenvalue weighted by Crippen LogP contribution is 2.21. The lowest BCUT2D eigenvalue weighted by atomic mass is 10.2. The van der Waals surface area contributed by atoms with Gasteiger partial charge in [-0.2, -0.15) is 0 Å². The van der Waals surface area contributed by atoms with Crippen molar-refractivity contribution in [2.45, 2.75) is 38.9 Å². The number of aryl methyl sites for hydroxylation is 1. The minimum absolute atomic E-state index is 0.748. The summed E-state index contributed by atoms with van der Waals surface area (Å²) in [5.41, 5.74) is 3.69. The van der Waals surface area contributed by atoms with Gasteiger partial charge in [-0.15, -0.1) is 11.3 Å². The number of aromatic nitrogens is 1. The molecule has 4 heteroatoms. The van der Waals surface area contributed by atoms with Crippen LogP contribution in [0.5, 0.6) is 0 Å². The van der Waals surface area contributed by atoms with Crippen LogP contribution in [0.4, 0.5) is 5.69 Å². The predicted molar refractivity (Wildman–Crippen MR) is 85.3 cm³/mol. The standard InChI is InChI=1S/C16H21N3S/c1-12-3-7-15(8-4-12)19(2)10-14-11-20-16(18-14)9-17-13-5-6-13/h3-4,7-8,11,13,17H,5-6,9-10H2,1-2H3. The van der Waals surface area contributed by atoms with Gasteiger partial charge in [0.25, 0.3) is 0 Å². The van der Waals surface area contributed by atoms with Crippen LogP contribution in [0.3, 0.4) is 0 Å². The molecule has 3 rings (SSSR count). The van der Waals surface area contributed by atoms with Gasteiger partial charge in [-0.25, -0.2) is 4.98 Å². The number of benzene rings is 1. The Morgan fingerprint density at radius 1 is 1.30 bits per heavy atom. The Balaban J connectivity index is 1.57. The van der Waals surface area contributed by atoms with Crippen LogP contribution >= 0.6 is 11.3 Å². The van der Waals surface area contributed by atoms with Crippen molar-refractivity contribution in [1.82, 2.24) is 10.3 Å². The van der Waals surface area contributed by atoms with E-state index in [0.29, 0.717) is 0 Å². The Labute approximate surface area is 124 Å². The van der Waals surface area contributed by atoms with Crippen molar-refractivity contribution in [3.63, 3.8) is 0 Å². The molecule has 2 aromatic rings. The SMILES string of the molecule is Cc1ccc(N(C)Cc2csc(CNC3CC3)n2)cc1. The van der Waals surface area contributed by atoms with E-state index in [4.69, 9.17) is 4.98 Å². The first-order chi connectivity index (χ1) is 9.70. The van der Waals surface area contributed by atoms with Gasteiger partial charge in [0.05, 0.1) is 12.2 Å². The van der Waals surface area contributed by atoms with Crippen LogP contribution in [0.25, 0.3) is 0 Å². The lowest BCUT2D eigenvalue weighted by molar-refractivity contribution is 0.682. The van der Waals surface area contributed by atoms with Crippen LogP contribution in [0.15, 0.2) is 29.6 Å². The molecule has 0 radical (unpaired) electrons. The number of anilines is 1. The highest BCUT2D eigenvalue weighted by atomic mass is 32.1. The van der Waals surface area contributed by atoms with E-state index in [1.54, 1.807) is 11.3 Å². The lowest BCUT2D eigenvalue weighted by Crippen LogP contribution is -2.17. The van der Waals surface area contributed by atoms with Crippen LogP contribution in [-0.4, -0.2) is 18.1 Å². The molecular weight excluding hydrogens is 266 g/mol. The monoisotopic (exact) mass is 287 g/mol. The molecule has 1 fully saturated rings. The molecule has 0 aliphatic heterocycles. The van der Waals surface area contributed by atoms with E-state index < -0.39 is 0 Å². The van der Waals surface area contributed by atoms with E-state index in [1.165, 1.54) is 29.1 Å². The summed E-state index contributed by atoms with van der Waals surface area (Å²) in [7, 11) is 2.12. The van der Waals surface area contributed by atoms with Crippen molar-refractivity contribution in [2.75, 3.05) is 11.9 Å². The molecule has 0 atom stereocenters. The average Bonchev–Trinajstić information content (AvgIpc) is 3.17. The second kappa shape index (κ2) is 5.94. The Hall–Kier alpha value is -1.39. The number of rotatable bonds is 6. The van der Waals surface area contributed by atoms with Gasteiger partial charge in [0, 0.05) is 30.7 Å². The number of nitrogens with one attached hydrogen (secondary N) is 1. The van der Waals surface area contributed by atoms with E-state index in [9.17, 15) is 0 Å². The smallest absolute Gasteiger partial charge is 0.107 e. The van der Waals surface area contributed by atoms with Crippen molar-refractivity contribution in [3.8, 4) is 0 Å². The molecule has 0 unspecified atom stereocenters. The molecular formula is C16H21N3S. The quantitative estimate of drug-likeness (QED) is 0.883. The maximum atomic E-state index is 4.71. The largest absolute Gasteiger partial charge is 0.369 e. The van der Waals surface area contributed by atoms with Gasteiger partial charge in [-0.3, -0.25) is 0 Å². The van der Waals surface area contributed by atoms with Crippen molar-refractivity contribution >= 4 is 17.0 Å². The zero-order valence-electron chi connectivity index (χ0n) is 12.1. The number of hydrogen-bond donors (Lipinski definition) is 1. The fourth-order valence-electron chi connectivity index (χ4n) is 2.16. The third-order valence-electron chi connectivity index (χ3n) is 3.59. The van der Waals surface area contributed by atoms with Crippen molar-refractivity contribution in [2.24, 2.45) is 0 Å². The molecule has 3 nitrogen and oxygen atoms in total. The molecule has 1 aliphatic carbocycles. The van der Waals surface area contributed by atoms with Gasteiger partial charge in [0.15, 0.2) is 0 Å². The summed E-state index contributed by atoms with van der Waals surface area (Å²) in [6, 6.07) is 9.38. The number of thiazole rings is 1. The fraction of sp³-hybridized carbons (Fsp3) is 0.438. The zero-order chi connectivity index (χ0) is 13.9. The van der Waals surface area contributed by atoms with Gasteiger partial charge in [-0.05, 0) is 31.9 Å². The van der Waals surface area contributed by atoms with Gasteiger partial charge in [-0.1, -0.05) is 17.7 Å². The predicted octanol–water partition coefficient (Wildman–Crippen LogP) is 3.34. The zero-order valence-corrected chi connectivity index (χ0v) is 12.9. The van der Waals surface area contributed by atoms with Crippen LogP contribution in [-0.2, 0) is 13.1 Å². The average molecular weight is 287 g/mol. The third-order valence-corrected chi connectivity index (χ3v) is 4.49. The molecule has 20 heavy (non-hydrogen) atoms. The first kappa shape index (κ1) is 13.6. The van der Waals surface area contributed by atoms with Crippen LogP contribution in [0.2, 0.25) is 0 Å². The maximum absolute atomic E-state index is 4.71. The minimum Gasteiger partial charge on any atom is -0.369 e. The Morgan fingerprint density at radius 3 is 2.75 bits per heavy atom. The molecule has 1 aromatic heterocycles. The highest BCUT2D eigenvalue weighted by molar-refractivity contribution is 7.09. The van der Waals surface area contributed by atoms with Crippen LogP contribution in [0.1, 0.15) is 29.1 Å². The first-order valence-electron chi connectivity index (χ1n) is 7.15. The topological polar surface area (TPSA) is 28.2 Å². The molecule has 1 N–H and O–H groups in total. The van der Waals surface area contributed by atoms with Gasteiger partial charge in [0.1, 0.15) is 5.01 Å².